The highest BCUT2D eigenvalue weighted by molar-refractivity contribution is 7.99. The Morgan fingerprint density at radius 3 is 2.82 bits per heavy atom. The van der Waals surface area contributed by atoms with Crippen LogP contribution in [0.4, 0.5) is 4.39 Å². The van der Waals surface area contributed by atoms with Crippen molar-refractivity contribution in [2.75, 3.05) is 7.11 Å². The van der Waals surface area contributed by atoms with E-state index in [0.29, 0.717) is 5.75 Å². The lowest BCUT2D eigenvalue weighted by Crippen LogP contribution is -2.05. The van der Waals surface area contributed by atoms with Gasteiger partial charge in [0, 0.05) is 11.0 Å². The Bertz CT molecular complexity index is 395. The Morgan fingerprint density at radius 1 is 1.59 bits per heavy atom. The highest BCUT2D eigenvalue weighted by atomic mass is 32.2. The third-order valence-electron chi connectivity index (χ3n) is 2.21. The molecule has 0 amide bonds. The predicted octanol–water partition coefficient (Wildman–Crippen LogP) is 2.93. The number of aliphatic carboxylic acids is 1. The van der Waals surface area contributed by atoms with Gasteiger partial charge in [-0.3, -0.25) is 4.79 Å². The van der Waals surface area contributed by atoms with E-state index >= 15 is 0 Å². The smallest absolute Gasteiger partial charge is 0.304 e. The summed E-state index contributed by atoms with van der Waals surface area (Å²) >= 11 is 1.49. The first-order valence-electron chi connectivity index (χ1n) is 5.18. The van der Waals surface area contributed by atoms with Gasteiger partial charge in [0.15, 0.2) is 11.6 Å². The Morgan fingerprint density at radius 2 is 2.29 bits per heavy atom. The molecule has 3 nitrogen and oxygen atoms in total. The van der Waals surface area contributed by atoms with Gasteiger partial charge in [0.05, 0.1) is 13.5 Å². The van der Waals surface area contributed by atoms with Crippen molar-refractivity contribution in [3.8, 4) is 5.75 Å². The van der Waals surface area contributed by atoms with Crippen LogP contribution < -0.4 is 4.74 Å². The molecule has 1 aromatic rings. The zero-order valence-electron chi connectivity index (χ0n) is 9.77. The number of carboxylic acids is 1. The quantitative estimate of drug-likeness (QED) is 0.852. The van der Waals surface area contributed by atoms with Crippen LogP contribution in [0.25, 0.3) is 0 Å². The van der Waals surface area contributed by atoms with Gasteiger partial charge in [0.25, 0.3) is 0 Å². The minimum Gasteiger partial charge on any atom is -0.494 e. The molecular weight excluding hydrogens is 243 g/mol. The topological polar surface area (TPSA) is 46.5 Å². The van der Waals surface area contributed by atoms with Gasteiger partial charge in [-0.15, -0.1) is 0 Å². The van der Waals surface area contributed by atoms with Crippen LogP contribution in [-0.4, -0.2) is 23.4 Å². The molecule has 0 saturated carbocycles. The van der Waals surface area contributed by atoms with E-state index in [1.165, 1.54) is 24.9 Å². The summed E-state index contributed by atoms with van der Waals surface area (Å²) in [6.07, 6.45) is 0.114. The fourth-order valence-electron chi connectivity index (χ4n) is 1.34. The molecule has 1 aromatic carbocycles. The molecule has 0 bridgehead atoms. The summed E-state index contributed by atoms with van der Waals surface area (Å²) in [7, 11) is 1.42. The number of carboxylic acid groups (broad SMARTS) is 1. The SMILES string of the molecule is COc1ccc(CSC(C)CC(=O)O)cc1F. The monoisotopic (exact) mass is 258 g/mol. The highest BCUT2D eigenvalue weighted by Crippen LogP contribution is 2.23. The molecule has 1 atom stereocenters. The van der Waals surface area contributed by atoms with E-state index in [2.05, 4.69) is 0 Å². The molecule has 0 aromatic heterocycles. The second-order valence-corrected chi connectivity index (χ2v) is 5.12. The zero-order valence-corrected chi connectivity index (χ0v) is 10.6. The number of methoxy groups -OCH3 is 1. The molecule has 0 saturated heterocycles. The van der Waals surface area contributed by atoms with E-state index in [-0.39, 0.29) is 17.4 Å². The number of rotatable bonds is 6. The maximum atomic E-state index is 13.4. The van der Waals surface area contributed by atoms with Crippen LogP contribution >= 0.6 is 11.8 Å². The maximum absolute atomic E-state index is 13.4. The van der Waals surface area contributed by atoms with Crippen molar-refractivity contribution in [3.63, 3.8) is 0 Å². The molecule has 0 fully saturated rings. The minimum absolute atomic E-state index is 0.0117. The van der Waals surface area contributed by atoms with Crippen molar-refractivity contribution in [2.24, 2.45) is 0 Å². The number of hydrogen-bond donors (Lipinski definition) is 1. The molecule has 1 N–H and O–H groups in total. The highest BCUT2D eigenvalue weighted by Gasteiger charge is 2.09. The van der Waals surface area contributed by atoms with Gasteiger partial charge >= 0.3 is 5.97 Å². The average molecular weight is 258 g/mol. The summed E-state index contributed by atoms with van der Waals surface area (Å²) in [5.41, 5.74) is 0.825. The zero-order chi connectivity index (χ0) is 12.8. The molecule has 5 heteroatoms. The molecule has 0 aliphatic rings. The molecule has 0 aliphatic heterocycles. The Balaban J connectivity index is 2.52. The number of hydrogen-bond acceptors (Lipinski definition) is 3. The Hall–Kier alpha value is -1.23. The Kier molecular flexibility index (Phi) is 5.28. The van der Waals surface area contributed by atoms with Crippen LogP contribution in [0.3, 0.4) is 0 Å². The first kappa shape index (κ1) is 13.8. The average Bonchev–Trinajstić information content (AvgIpc) is 2.25. The summed E-state index contributed by atoms with van der Waals surface area (Å²) < 4.78 is 18.2. The van der Waals surface area contributed by atoms with Crippen LogP contribution in [0.15, 0.2) is 18.2 Å². The van der Waals surface area contributed by atoms with Crippen LogP contribution in [-0.2, 0) is 10.5 Å². The van der Waals surface area contributed by atoms with Crippen molar-refractivity contribution in [1.29, 1.82) is 0 Å². The summed E-state index contributed by atoms with van der Waals surface area (Å²) in [6, 6.07) is 4.77. The number of carbonyl (C=O) groups is 1. The normalized spacial score (nSPS) is 12.2. The fourth-order valence-corrected chi connectivity index (χ4v) is 2.26. The van der Waals surface area contributed by atoms with Gasteiger partial charge in [-0.2, -0.15) is 11.8 Å². The van der Waals surface area contributed by atoms with Crippen molar-refractivity contribution >= 4 is 17.7 Å². The van der Waals surface area contributed by atoms with E-state index < -0.39 is 11.8 Å². The number of halogens is 1. The first-order chi connectivity index (χ1) is 8.02. The lowest BCUT2D eigenvalue weighted by atomic mass is 10.2. The summed E-state index contributed by atoms with van der Waals surface area (Å²) in [4.78, 5) is 10.5. The van der Waals surface area contributed by atoms with Crippen LogP contribution in [0.2, 0.25) is 0 Å². The largest absolute Gasteiger partial charge is 0.494 e. The molecule has 0 aliphatic carbocycles. The lowest BCUT2D eigenvalue weighted by molar-refractivity contribution is -0.136. The van der Waals surface area contributed by atoms with Crippen LogP contribution in [0.1, 0.15) is 18.9 Å². The molecule has 1 unspecified atom stereocenters. The van der Waals surface area contributed by atoms with E-state index in [1.807, 2.05) is 6.92 Å². The molecular formula is C12H15FO3S. The first-order valence-corrected chi connectivity index (χ1v) is 6.23. The second kappa shape index (κ2) is 6.49. The standard InChI is InChI=1S/C12H15FO3S/c1-8(5-12(14)15)17-7-9-3-4-11(16-2)10(13)6-9/h3-4,6,8H,5,7H2,1-2H3,(H,14,15). The number of benzene rings is 1. The van der Waals surface area contributed by atoms with Gasteiger partial charge in [-0.25, -0.2) is 4.39 Å². The van der Waals surface area contributed by atoms with Crippen molar-refractivity contribution in [1.82, 2.24) is 0 Å². The van der Waals surface area contributed by atoms with Gasteiger partial charge in [-0.1, -0.05) is 13.0 Å². The van der Waals surface area contributed by atoms with E-state index in [4.69, 9.17) is 9.84 Å². The van der Waals surface area contributed by atoms with Gasteiger partial charge in [0.1, 0.15) is 0 Å². The van der Waals surface area contributed by atoms with Gasteiger partial charge in [-0.05, 0) is 17.7 Å². The fraction of sp³-hybridized carbons (Fsp3) is 0.417. The summed E-state index contributed by atoms with van der Waals surface area (Å²) in [5.74, 6) is -0.394. The minimum atomic E-state index is -0.814. The van der Waals surface area contributed by atoms with E-state index in [9.17, 15) is 9.18 Å². The molecule has 0 radical (unpaired) electrons. The molecule has 1 rings (SSSR count). The van der Waals surface area contributed by atoms with Crippen molar-refractivity contribution in [3.05, 3.63) is 29.6 Å². The Labute approximate surface area is 104 Å². The maximum Gasteiger partial charge on any atom is 0.304 e. The predicted molar refractivity (Wildman–Crippen MR) is 66.0 cm³/mol. The van der Waals surface area contributed by atoms with Crippen molar-refractivity contribution in [2.45, 2.75) is 24.3 Å². The van der Waals surface area contributed by atoms with Gasteiger partial charge < -0.3 is 9.84 Å². The molecule has 94 valence electrons. The second-order valence-electron chi connectivity index (χ2n) is 3.69. The molecule has 17 heavy (non-hydrogen) atoms. The number of ether oxygens (including phenoxy) is 1. The third kappa shape index (κ3) is 4.65. The molecule has 0 heterocycles. The van der Waals surface area contributed by atoms with Gasteiger partial charge in [0.2, 0.25) is 0 Å². The third-order valence-corrected chi connectivity index (χ3v) is 3.45. The number of thioether (sulfide) groups is 1. The van der Waals surface area contributed by atoms with Crippen molar-refractivity contribution < 1.29 is 19.0 Å². The lowest BCUT2D eigenvalue weighted by Gasteiger charge is -2.09. The molecule has 0 spiro atoms. The summed E-state index contributed by atoms with van der Waals surface area (Å²) in [6.45, 7) is 1.85. The van der Waals surface area contributed by atoms with E-state index in [0.717, 1.165) is 5.56 Å². The van der Waals surface area contributed by atoms with Crippen LogP contribution in [0.5, 0.6) is 5.75 Å². The summed E-state index contributed by atoms with van der Waals surface area (Å²) in [5, 5.41) is 8.62. The van der Waals surface area contributed by atoms with E-state index in [1.54, 1.807) is 12.1 Å². The van der Waals surface area contributed by atoms with Crippen LogP contribution in [0, 0.1) is 5.82 Å².